The van der Waals surface area contributed by atoms with Crippen LogP contribution >= 0.6 is 136 Å². The van der Waals surface area contributed by atoms with Crippen LogP contribution in [0.4, 0.5) is 11.4 Å². The van der Waals surface area contributed by atoms with Crippen LogP contribution in [0.2, 0.25) is 0 Å². The molecule has 0 heterocycles. The first-order chi connectivity index (χ1) is 30.5. The number of anilines is 2. The van der Waals surface area contributed by atoms with E-state index in [0.717, 1.165) is 0 Å². The number of nitrogens with one attached hydrogen (secondary N) is 6. The van der Waals surface area contributed by atoms with Gasteiger partial charge in [-0.05, 0) is 150 Å². The number of aliphatic hydroxyl groups excluding tert-OH is 10. The smallest absolute Gasteiger partial charge is 0.337 e. The number of carboxylic acids is 2. The molecule has 0 aromatic heterocycles. The summed E-state index contributed by atoms with van der Waals surface area (Å²) in [6.45, 7) is 1.51. The molecule has 24 nitrogen and oxygen atoms in total. The van der Waals surface area contributed by atoms with E-state index in [0.29, 0.717) is 32.8 Å². The van der Waals surface area contributed by atoms with Crippen molar-refractivity contribution < 1.29 is 90.0 Å². The van der Waals surface area contributed by atoms with Gasteiger partial charge in [-0.25, -0.2) is 9.59 Å². The lowest BCUT2D eigenvalue weighted by molar-refractivity contribution is -0.115. The van der Waals surface area contributed by atoms with E-state index in [2.05, 4.69) is 31.9 Å². The van der Waals surface area contributed by atoms with Gasteiger partial charge in [-0.15, -0.1) is 0 Å². The molecule has 0 aliphatic heterocycles. The molecule has 0 radical (unpaired) electrons. The van der Waals surface area contributed by atoms with Crippen molar-refractivity contribution in [3.05, 3.63) is 43.7 Å². The van der Waals surface area contributed by atoms with Gasteiger partial charge in [-0.2, -0.15) is 0 Å². The number of benzene rings is 2. The SMILES string of the molecule is CNC(=O)c1c(I)c(NC(C)=O)c(I)c(C(=O)O)c1I.CNC(=O)c1c(I)c(NC(C)=O)c(I)c(C(=O)O)c1I.CNC[C@H](O)[C@@H](O)[C@H](O)[C@H](O)CO.CNC[C@H](O)[C@@H](O)[C@H](O)[C@H](O)CO. The van der Waals surface area contributed by atoms with Gasteiger partial charge in [0.05, 0.1) is 73.3 Å². The molecule has 30 heteroatoms. The Bertz CT molecular complexity index is 1850. The standard InChI is InChI=1S/2C11H9I3N2O4.2C7H17NO5/c2*1-3(17)16-9-7(13)4(10(18)15-2)6(12)5(8(9)14)11(19)20;2*1-8-2-4(10)6(12)7(13)5(11)3-9/h2*1-2H3,(H,15,18)(H,16,17)(H,19,20);2*4-13H,2-3H2,1H3/t;;2*4-,5+,6+,7+/m..00/s1. The highest BCUT2D eigenvalue weighted by molar-refractivity contribution is 14.1. The molecule has 2 aromatic carbocycles. The molecule has 0 bridgehead atoms. The lowest BCUT2D eigenvalue weighted by atomic mass is 10.0. The molecule has 8 atom stereocenters. The summed E-state index contributed by atoms with van der Waals surface area (Å²) < 4.78 is 2.50. The Morgan fingerprint density at radius 2 is 0.682 bits per heavy atom. The quantitative estimate of drug-likeness (QED) is 0.0741. The van der Waals surface area contributed by atoms with Crippen molar-refractivity contribution >= 4 is 182 Å². The first kappa shape index (κ1) is 67.2. The number of aliphatic hydroxyl groups is 10. The van der Waals surface area contributed by atoms with Crippen molar-refractivity contribution in [1.29, 1.82) is 0 Å². The molecule has 18 N–H and O–H groups in total. The fourth-order valence-corrected chi connectivity index (χ4v) is 13.5. The molecule has 376 valence electrons. The highest BCUT2D eigenvalue weighted by Gasteiger charge is 2.32. The fraction of sp³-hybridized carbons (Fsp3) is 0.500. The van der Waals surface area contributed by atoms with Gasteiger partial charge in [0.1, 0.15) is 36.6 Å². The van der Waals surface area contributed by atoms with Gasteiger partial charge in [0.2, 0.25) is 11.8 Å². The van der Waals surface area contributed by atoms with E-state index in [1.807, 2.05) is 136 Å². The van der Waals surface area contributed by atoms with Gasteiger partial charge >= 0.3 is 11.9 Å². The summed E-state index contributed by atoms with van der Waals surface area (Å²) in [7, 11) is 6.07. The van der Waals surface area contributed by atoms with Gasteiger partial charge in [0.25, 0.3) is 11.8 Å². The maximum Gasteiger partial charge on any atom is 0.337 e. The van der Waals surface area contributed by atoms with Gasteiger partial charge < -0.3 is 93.2 Å². The second kappa shape index (κ2) is 33.7. The number of amides is 4. The summed E-state index contributed by atoms with van der Waals surface area (Å²) in [5, 5.41) is 124. The molecule has 0 aliphatic carbocycles. The Labute approximate surface area is 460 Å². The summed E-state index contributed by atoms with van der Waals surface area (Å²) in [5.41, 5.74) is 1.19. The van der Waals surface area contributed by atoms with Gasteiger partial charge in [0, 0.05) is 48.2 Å². The van der Waals surface area contributed by atoms with Gasteiger partial charge in [-0.1, -0.05) is 0 Å². The second-order valence-electron chi connectivity index (χ2n) is 13.0. The number of hydrogen-bond donors (Lipinski definition) is 18. The lowest BCUT2D eigenvalue weighted by Crippen LogP contribution is -2.48. The van der Waals surface area contributed by atoms with Crippen LogP contribution in [0.5, 0.6) is 0 Å². The highest BCUT2D eigenvalue weighted by Crippen LogP contribution is 2.37. The summed E-state index contributed by atoms with van der Waals surface area (Å²) in [5.74, 6) is -3.75. The summed E-state index contributed by atoms with van der Waals surface area (Å²) in [6, 6.07) is 0. The van der Waals surface area contributed by atoms with Crippen molar-refractivity contribution in [3.63, 3.8) is 0 Å². The highest BCUT2D eigenvalue weighted by atomic mass is 127. The first-order valence-electron chi connectivity index (χ1n) is 18.3. The number of rotatable bonds is 18. The third-order valence-electron chi connectivity index (χ3n) is 8.05. The van der Waals surface area contributed by atoms with Crippen LogP contribution in [0.3, 0.4) is 0 Å². The van der Waals surface area contributed by atoms with Gasteiger partial charge in [0.15, 0.2) is 0 Å². The molecular weight excluding hydrogens is 1570 g/mol. The number of likely N-dealkylation sites (N-methyl/N-ethyl adjacent to an activating group) is 2. The number of carbonyl (C=O) groups is 6. The largest absolute Gasteiger partial charge is 0.478 e. The zero-order chi connectivity index (χ0) is 52.1. The molecule has 4 amide bonds. The molecule has 0 fully saturated rings. The Balaban J connectivity index is 0. The van der Waals surface area contributed by atoms with E-state index < -0.39 is 85.8 Å². The predicted octanol–water partition coefficient (Wildman–Crippen LogP) is -1.68. The Morgan fingerprint density at radius 1 is 0.439 bits per heavy atom. The van der Waals surface area contributed by atoms with Crippen molar-refractivity contribution in [3.8, 4) is 0 Å². The van der Waals surface area contributed by atoms with Crippen molar-refractivity contribution in [2.24, 2.45) is 0 Å². The van der Waals surface area contributed by atoms with Crippen LogP contribution in [0.25, 0.3) is 0 Å². The number of carboxylic acid groups (broad SMARTS) is 2. The van der Waals surface area contributed by atoms with Crippen LogP contribution in [-0.4, -0.2) is 200 Å². The average molecular weight is 1620 g/mol. The van der Waals surface area contributed by atoms with E-state index in [1.165, 1.54) is 27.9 Å². The summed E-state index contributed by atoms with van der Waals surface area (Å²) in [6.07, 6.45) is -11.3. The fourth-order valence-electron chi connectivity index (χ4n) is 4.71. The Morgan fingerprint density at radius 3 is 0.879 bits per heavy atom. The van der Waals surface area contributed by atoms with E-state index in [4.69, 9.17) is 40.9 Å². The zero-order valence-corrected chi connectivity index (χ0v) is 48.5. The molecule has 0 spiro atoms. The molecule has 2 aromatic rings. The third-order valence-corrected chi connectivity index (χ3v) is 14.5. The Hall–Kier alpha value is -0.840. The van der Waals surface area contributed by atoms with E-state index in [1.54, 1.807) is 14.1 Å². The Kier molecular flexibility index (Phi) is 34.3. The van der Waals surface area contributed by atoms with Crippen LogP contribution in [0, 0.1) is 21.4 Å². The third kappa shape index (κ3) is 20.5. The first-order valence-corrected chi connectivity index (χ1v) is 24.8. The normalized spacial score (nSPS) is 14.3. The van der Waals surface area contributed by atoms with Gasteiger partial charge in [-0.3, -0.25) is 19.2 Å². The average Bonchev–Trinajstić information content (AvgIpc) is 3.25. The topological polar surface area (TPSA) is 417 Å². The van der Waals surface area contributed by atoms with E-state index in [9.17, 15) is 49.2 Å². The summed E-state index contributed by atoms with van der Waals surface area (Å²) in [4.78, 5) is 69.2. The molecule has 0 saturated heterocycles. The van der Waals surface area contributed by atoms with E-state index in [-0.39, 0.29) is 47.2 Å². The molecule has 66 heavy (non-hydrogen) atoms. The maximum absolute atomic E-state index is 12.0. The molecular formula is C36H52I6N6O18. The molecule has 0 unspecified atom stereocenters. The van der Waals surface area contributed by atoms with Crippen LogP contribution in [0.15, 0.2) is 0 Å². The maximum atomic E-state index is 12.0. The molecule has 0 saturated carbocycles. The minimum absolute atomic E-state index is 0.00830. The molecule has 2 rings (SSSR count). The minimum atomic E-state index is -1.55. The molecule has 0 aliphatic rings. The number of carbonyl (C=O) groups excluding carboxylic acids is 4. The van der Waals surface area contributed by atoms with Crippen LogP contribution in [0.1, 0.15) is 55.3 Å². The minimum Gasteiger partial charge on any atom is -0.478 e. The monoisotopic (exact) mass is 1620 g/mol. The lowest BCUT2D eigenvalue weighted by Gasteiger charge is -2.25. The number of aromatic carboxylic acids is 2. The van der Waals surface area contributed by atoms with Crippen molar-refractivity contribution in [1.82, 2.24) is 21.3 Å². The van der Waals surface area contributed by atoms with Crippen LogP contribution in [-0.2, 0) is 9.59 Å². The number of hydrogen-bond acceptors (Lipinski definition) is 18. The zero-order valence-electron chi connectivity index (χ0n) is 35.5. The predicted molar refractivity (Wildman–Crippen MR) is 289 cm³/mol. The van der Waals surface area contributed by atoms with E-state index >= 15 is 0 Å². The number of halogens is 6. The van der Waals surface area contributed by atoms with Crippen molar-refractivity contribution in [2.75, 3.05) is 65.1 Å². The van der Waals surface area contributed by atoms with Crippen LogP contribution < -0.4 is 31.9 Å². The van der Waals surface area contributed by atoms with Crippen molar-refractivity contribution in [2.45, 2.75) is 62.7 Å². The second-order valence-corrected chi connectivity index (χ2v) is 19.4. The summed E-state index contributed by atoms with van der Waals surface area (Å²) >= 11 is 11.2.